The van der Waals surface area contributed by atoms with Crippen molar-refractivity contribution in [2.75, 3.05) is 13.2 Å². The van der Waals surface area contributed by atoms with Crippen LogP contribution in [0.15, 0.2) is 17.2 Å². The highest BCUT2D eigenvalue weighted by atomic mass is 16.5. The Kier molecular flexibility index (Phi) is 5.38. The zero-order valence-electron chi connectivity index (χ0n) is 12.9. The Morgan fingerprint density at radius 1 is 1.41 bits per heavy atom. The van der Waals surface area contributed by atoms with E-state index in [1.165, 1.54) is 0 Å². The molecule has 1 aromatic rings. The SMILES string of the molecule is Cc1c(OCCCCO)ccc(C2=NNC(=O)CC2C)c1O. The number of phenols is 1. The van der Waals surface area contributed by atoms with Gasteiger partial charge in [-0.3, -0.25) is 4.79 Å². The molecule has 1 aliphatic heterocycles. The second-order valence-electron chi connectivity index (χ2n) is 5.50. The zero-order chi connectivity index (χ0) is 16.1. The molecule has 0 saturated heterocycles. The fraction of sp³-hybridized carbons (Fsp3) is 0.500. The second-order valence-corrected chi connectivity index (χ2v) is 5.50. The van der Waals surface area contributed by atoms with Gasteiger partial charge in [0, 0.05) is 30.1 Å². The minimum Gasteiger partial charge on any atom is -0.507 e. The molecule has 1 aliphatic rings. The second kappa shape index (κ2) is 7.26. The van der Waals surface area contributed by atoms with Crippen molar-refractivity contribution in [2.45, 2.75) is 33.1 Å². The number of benzene rings is 1. The van der Waals surface area contributed by atoms with Crippen molar-refractivity contribution in [2.24, 2.45) is 11.0 Å². The van der Waals surface area contributed by atoms with Gasteiger partial charge in [0.1, 0.15) is 11.5 Å². The number of hydrazone groups is 1. The number of amides is 1. The lowest BCUT2D eigenvalue weighted by atomic mass is 9.92. The molecule has 1 atom stereocenters. The predicted octanol–water partition coefficient (Wildman–Crippen LogP) is 1.71. The number of aliphatic hydroxyl groups excluding tert-OH is 1. The van der Waals surface area contributed by atoms with Crippen molar-refractivity contribution in [3.05, 3.63) is 23.3 Å². The van der Waals surface area contributed by atoms with E-state index in [-0.39, 0.29) is 24.2 Å². The topological polar surface area (TPSA) is 91.2 Å². The van der Waals surface area contributed by atoms with Gasteiger partial charge in [-0.2, -0.15) is 5.10 Å². The van der Waals surface area contributed by atoms with Crippen LogP contribution in [0, 0.1) is 12.8 Å². The summed E-state index contributed by atoms with van der Waals surface area (Å²) in [5.41, 5.74) is 4.39. The van der Waals surface area contributed by atoms with Gasteiger partial charge in [0.25, 0.3) is 0 Å². The minimum absolute atomic E-state index is 0.0460. The van der Waals surface area contributed by atoms with Crippen LogP contribution in [0.3, 0.4) is 0 Å². The number of aliphatic hydroxyl groups is 1. The van der Waals surface area contributed by atoms with Crippen LogP contribution in [0.25, 0.3) is 0 Å². The van der Waals surface area contributed by atoms with Crippen molar-refractivity contribution < 1.29 is 19.7 Å². The first-order valence-corrected chi connectivity index (χ1v) is 7.47. The van der Waals surface area contributed by atoms with E-state index in [0.29, 0.717) is 42.0 Å². The number of hydrogen-bond donors (Lipinski definition) is 3. The molecule has 22 heavy (non-hydrogen) atoms. The van der Waals surface area contributed by atoms with Gasteiger partial charge in [-0.1, -0.05) is 6.92 Å². The van der Waals surface area contributed by atoms with Crippen LogP contribution in [-0.4, -0.2) is 35.0 Å². The number of nitrogens with zero attached hydrogens (tertiary/aromatic N) is 1. The molecule has 120 valence electrons. The number of rotatable bonds is 6. The van der Waals surface area contributed by atoms with Crippen LogP contribution in [0.5, 0.6) is 11.5 Å². The summed E-state index contributed by atoms with van der Waals surface area (Å²) in [6.07, 6.45) is 1.81. The number of nitrogens with one attached hydrogen (secondary N) is 1. The highest BCUT2D eigenvalue weighted by Gasteiger charge is 2.24. The number of hydrogen-bond acceptors (Lipinski definition) is 5. The summed E-state index contributed by atoms with van der Waals surface area (Å²) in [7, 11) is 0. The molecule has 1 unspecified atom stereocenters. The molecule has 1 aromatic carbocycles. The number of ether oxygens (including phenoxy) is 1. The van der Waals surface area contributed by atoms with E-state index in [2.05, 4.69) is 10.5 Å². The van der Waals surface area contributed by atoms with E-state index < -0.39 is 0 Å². The molecular formula is C16H22N2O4. The average molecular weight is 306 g/mol. The molecule has 1 amide bonds. The maximum atomic E-state index is 11.3. The monoisotopic (exact) mass is 306 g/mol. The third kappa shape index (κ3) is 3.57. The molecule has 6 nitrogen and oxygen atoms in total. The molecule has 0 radical (unpaired) electrons. The van der Waals surface area contributed by atoms with Gasteiger partial charge in [0.05, 0.1) is 12.3 Å². The van der Waals surface area contributed by atoms with E-state index >= 15 is 0 Å². The fourth-order valence-corrected chi connectivity index (χ4v) is 2.42. The summed E-state index contributed by atoms with van der Waals surface area (Å²) >= 11 is 0. The maximum absolute atomic E-state index is 11.3. The molecule has 1 heterocycles. The molecule has 0 fully saturated rings. The van der Waals surface area contributed by atoms with E-state index in [1.807, 2.05) is 6.92 Å². The van der Waals surface area contributed by atoms with Crippen LogP contribution in [0.2, 0.25) is 0 Å². The number of phenolic OH excluding ortho intramolecular Hbond substituents is 1. The summed E-state index contributed by atoms with van der Waals surface area (Å²) in [5, 5.41) is 23.2. The van der Waals surface area contributed by atoms with Crippen LogP contribution >= 0.6 is 0 Å². The predicted molar refractivity (Wildman–Crippen MR) is 83.1 cm³/mol. The van der Waals surface area contributed by atoms with E-state index in [0.717, 1.165) is 6.42 Å². The Morgan fingerprint density at radius 2 is 2.18 bits per heavy atom. The van der Waals surface area contributed by atoms with Crippen LogP contribution in [0.4, 0.5) is 0 Å². The molecule has 0 saturated carbocycles. The quantitative estimate of drug-likeness (QED) is 0.698. The lowest BCUT2D eigenvalue weighted by molar-refractivity contribution is -0.121. The molecule has 0 spiro atoms. The van der Waals surface area contributed by atoms with Crippen LogP contribution < -0.4 is 10.2 Å². The molecule has 0 aliphatic carbocycles. The first-order valence-electron chi connectivity index (χ1n) is 7.47. The standard InChI is InChI=1S/C16H22N2O4/c1-10-9-14(20)17-18-15(10)12-5-6-13(11(2)16(12)21)22-8-4-3-7-19/h5-6,10,19,21H,3-4,7-9H2,1-2H3,(H,17,20). The summed E-state index contributed by atoms with van der Waals surface area (Å²) in [6.45, 7) is 4.34. The number of aromatic hydroxyl groups is 1. The molecular weight excluding hydrogens is 284 g/mol. The lowest BCUT2D eigenvalue weighted by Gasteiger charge is -2.21. The summed E-state index contributed by atoms with van der Waals surface area (Å²) < 4.78 is 5.63. The summed E-state index contributed by atoms with van der Waals surface area (Å²) in [5.74, 6) is 0.584. The first kappa shape index (κ1) is 16.3. The average Bonchev–Trinajstić information content (AvgIpc) is 2.49. The van der Waals surface area contributed by atoms with Gasteiger partial charge in [-0.05, 0) is 31.9 Å². The van der Waals surface area contributed by atoms with Crippen LogP contribution in [0.1, 0.15) is 37.3 Å². The van der Waals surface area contributed by atoms with E-state index in [4.69, 9.17) is 9.84 Å². The molecule has 2 rings (SSSR count). The van der Waals surface area contributed by atoms with Gasteiger partial charge in [-0.25, -0.2) is 5.43 Å². The van der Waals surface area contributed by atoms with Crippen molar-refractivity contribution >= 4 is 11.6 Å². The Hall–Kier alpha value is -2.08. The van der Waals surface area contributed by atoms with Gasteiger partial charge < -0.3 is 14.9 Å². The normalized spacial score (nSPS) is 17.9. The number of unbranched alkanes of at least 4 members (excludes halogenated alkanes) is 1. The smallest absolute Gasteiger partial charge is 0.240 e. The molecule has 3 N–H and O–H groups in total. The van der Waals surface area contributed by atoms with Gasteiger partial charge in [0.2, 0.25) is 5.91 Å². The lowest BCUT2D eigenvalue weighted by Crippen LogP contribution is -2.32. The molecule has 6 heteroatoms. The van der Waals surface area contributed by atoms with Crippen molar-refractivity contribution in [1.29, 1.82) is 0 Å². The first-order chi connectivity index (χ1) is 10.5. The maximum Gasteiger partial charge on any atom is 0.240 e. The van der Waals surface area contributed by atoms with Gasteiger partial charge >= 0.3 is 0 Å². The van der Waals surface area contributed by atoms with Crippen LogP contribution in [-0.2, 0) is 4.79 Å². The Bertz CT molecular complexity index is 584. The third-order valence-electron chi connectivity index (χ3n) is 3.73. The highest BCUT2D eigenvalue weighted by molar-refractivity contribution is 6.07. The molecule has 0 bridgehead atoms. The molecule has 0 aromatic heterocycles. The number of carbonyl (C=O) groups is 1. The van der Waals surface area contributed by atoms with Gasteiger partial charge in [0.15, 0.2) is 0 Å². The fourth-order valence-electron chi connectivity index (χ4n) is 2.42. The van der Waals surface area contributed by atoms with E-state index in [9.17, 15) is 9.90 Å². The third-order valence-corrected chi connectivity index (χ3v) is 3.73. The zero-order valence-corrected chi connectivity index (χ0v) is 12.9. The largest absolute Gasteiger partial charge is 0.507 e. The minimum atomic E-state index is -0.115. The Morgan fingerprint density at radius 3 is 2.86 bits per heavy atom. The Labute approximate surface area is 129 Å². The van der Waals surface area contributed by atoms with Crippen molar-refractivity contribution in [3.63, 3.8) is 0 Å². The Balaban J connectivity index is 2.18. The summed E-state index contributed by atoms with van der Waals surface area (Å²) in [4.78, 5) is 11.3. The summed E-state index contributed by atoms with van der Waals surface area (Å²) in [6, 6.07) is 3.56. The highest BCUT2D eigenvalue weighted by Crippen LogP contribution is 2.33. The van der Waals surface area contributed by atoms with Crippen molar-refractivity contribution in [1.82, 2.24) is 5.43 Å². The van der Waals surface area contributed by atoms with E-state index in [1.54, 1.807) is 19.1 Å². The van der Waals surface area contributed by atoms with Crippen molar-refractivity contribution in [3.8, 4) is 11.5 Å². The number of carbonyl (C=O) groups excluding carboxylic acids is 1. The van der Waals surface area contributed by atoms with Gasteiger partial charge in [-0.15, -0.1) is 0 Å².